The van der Waals surface area contributed by atoms with Crippen LogP contribution in [0.15, 0.2) is 4.99 Å². The van der Waals surface area contributed by atoms with Crippen LogP contribution in [0.2, 0.25) is 0 Å². The molecular weight excluding hydrogens is 128 g/mol. The van der Waals surface area contributed by atoms with E-state index in [2.05, 4.69) is 4.99 Å². The maximum absolute atomic E-state index is 5.57. The fourth-order valence-corrected chi connectivity index (χ4v) is 0.781. The van der Waals surface area contributed by atoms with E-state index in [4.69, 9.17) is 10.5 Å². The van der Waals surface area contributed by atoms with Crippen molar-refractivity contribution >= 4 is 5.84 Å². The van der Waals surface area contributed by atoms with Gasteiger partial charge in [0.2, 0.25) is 0 Å². The first-order valence-corrected chi connectivity index (χ1v) is 3.58. The Morgan fingerprint density at radius 3 is 2.50 bits per heavy atom. The second kappa shape index (κ2) is 5.23. The van der Waals surface area contributed by atoms with Crippen molar-refractivity contribution < 1.29 is 4.74 Å². The number of rotatable bonds is 4. The highest BCUT2D eigenvalue weighted by Crippen LogP contribution is 1.95. The molecule has 10 heavy (non-hydrogen) atoms. The van der Waals surface area contributed by atoms with Gasteiger partial charge in [0.1, 0.15) is 11.9 Å². The summed E-state index contributed by atoms with van der Waals surface area (Å²) < 4.78 is 5.06. The first-order valence-electron chi connectivity index (χ1n) is 3.58. The van der Waals surface area contributed by atoms with E-state index >= 15 is 0 Å². The van der Waals surface area contributed by atoms with Crippen molar-refractivity contribution in [1.82, 2.24) is 0 Å². The van der Waals surface area contributed by atoms with Crippen molar-refractivity contribution in [3.63, 3.8) is 0 Å². The van der Waals surface area contributed by atoms with Gasteiger partial charge >= 0.3 is 0 Å². The molecule has 1 atom stereocenters. The summed E-state index contributed by atoms with van der Waals surface area (Å²) in [4.78, 5) is 4.04. The fraction of sp³-hybridized carbons (Fsp3) is 0.857. The van der Waals surface area contributed by atoms with Gasteiger partial charge in [0.15, 0.2) is 0 Å². The molecule has 0 saturated heterocycles. The molecule has 0 rings (SSSR count). The van der Waals surface area contributed by atoms with E-state index in [1.807, 2.05) is 13.8 Å². The zero-order valence-electron chi connectivity index (χ0n) is 6.92. The zero-order valence-corrected chi connectivity index (χ0v) is 6.92. The minimum atomic E-state index is -0.0000463. The molecule has 0 saturated carbocycles. The van der Waals surface area contributed by atoms with Gasteiger partial charge in [-0.1, -0.05) is 6.92 Å². The van der Waals surface area contributed by atoms with Gasteiger partial charge in [-0.15, -0.1) is 0 Å². The molecule has 0 aromatic rings. The van der Waals surface area contributed by atoms with Crippen LogP contribution in [0.25, 0.3) is 0 Å². The van der Waals surface area contributed by atoms with Gasteiger partial charge in [-0.2, -0.15) is 0 Å². The first kappa shape index (κ1) is 9.43. The van der Waals surface area contributed by atoms with Crippen LogP contribution in [0.1, 0.15) is 20.3 Å². The van der Waals surface area contributed by atoms with Crippen molar-refractivity contribution in [2.24, 2.45) is 10.7 Å². The molecule has 0 heterocycles. The van der Waals surface area contributed by atoms with Crippen LogP contribution in [-0.4, -0.2) is 25.6 Å². The van der Waals surface area contributed by atoms with Gasteiger partial charge < -0.3 is 10.5 Å². The SMILES string of the molecule is CCN=C(N)C(CC)OC. The number of hydrogen-bond acceptors (Lipinski definition) is 2. The molecular formula is C7H16N2O. The lowest BCUT2D eigenvalue weighted by Crippen LogP contribution is -2.30. The van der Waals surface area contributed by atoms with Crippen molar-refractivity contribution in [2.45, 2.75) is 26.4 Å². The molecule has 0 aliphatic carbocycles. The monoisotopic (exact) mass is 144 g/mol. The average Bonchev–Trinajstić information content (AvgIpc) is 1.91. The number of amidine groups is 1. The van der Waals surface area contributed by atoms with Crippen molar-refractivity contribution in [2.75, 3.05) is 13.7 Å². The van der Waals surface area contributed by atoms with E-state index in [9.17, 15) is 0 Å². The highest BCUT2D eigenvalue weighted by atomic mass is 16.5. The molecule has 2 N–H and O–H groups in total. The second-order valence-corrected chi connectivity index (χ2v) is 2.03. The number of methoxy groups -OCH3 is 1. The van der Waals surface area contributed by atoms with Crippen molar-refractivity contribution in [3.05, 3.63) is 0 Å². The normalized spacial score (nSPS) is 15.3. The molecule has 0 fully saturated rings. The van der Waals surface area contributed by atoms with Gasteiger partial charge in [0, 0.05) is 13.7 Å². The van der Waals surface area contributed by atoms with Crippen LogP contribution in [-0.2, 0) is 4.74 Å². The first-order chi connectivity index (χ1) is 4.76. The van der Waals surface area contributed by atoms with E-state index in [1.54, 1.807) is 7.11 Å². The predicted octanol–water partition coefficient (Wildman–Crippen LogP) is 0.788. The quantitative estimate of drug-likeness (QED) is 0.468. The third-order valence-corrected chi connectivity index (χ3v) is 1.33. The summed E-state index contributed by atoms with van der Waals surface area (Å²) in [7, 11) is 1.65. The Labute approximate surface area is 62.3 Å². The van der Waals surface area contributed by atoms with Gasteiger partial charge in [-0.25, -0.2) is 0 Å². The van der Waals surface area contributed by atoms with Crippen molar-refractivity contribution in [3.8, 4) is 0 Å². The third-order valence-electron chi connectivity index (χ3n) is 1.33. The van der Waals surface area contributed by atoms with Gasteiger partial charge in [0.05, 0.1) is 0 Å². The van der Waals surface area contributed by atoms with Crippen LogP contribution in [0.3, 0.4) is 0 Å². The summed E-state index contributed by atoms with van der Waals surface area (Å²) in [6.07, 6.45) is 0.881. The third kappa shape index (κ3) is 2.82. The highest BCUT2D eigenvalue weighted by molar-refractivity contribution is 5.84. The summed E-state index contributed by atoms with van der Waals surface area (Å²) in [5, 5.41) is 0. The summed E-state index contributed by atoms with van der Waals surface area (Å²) in [6.45, 7) is 4.70. The zero-order chi connectivity index (χ0) is 7.98. The summed E-state index contributed by atoms with van der Waals surface area (Å²) in [6, 6.07) is 0. The Morgan fingerprint density at radius 1 is 1.60 bits per heavy atom. The molecule has 3 heteroatoms. The lowest BCUT2D eigenvalue weighted by atomic mass is 10.2. The van der Waals surface area contributed by atoms with Crippen LogP contribution in [0, 0.1) is 0 Å². The van der Waals surface area contributed by atoms with Gasteiger partial charge in [-0.3, -0.25) is 4.99 Å². The number of hydrogen-bond donors (Lipinski definition) is 1. The number of nitrogens with two attached hydrogens (primary N) is 1. The van der Waals surface area contributed by atoms with Gasteiger partial charge in [-0.05, 0) is 13.3 Å². The smallest absolute Gasteiger partial charge is 0.123 e. The van der Waals surface area contributed by atoms with Gasteiger partial charge in [0.25, 0.3) is 0 Å². The Bertz CT molecular complexity index is 108. The Hall–Kier alpha value is -0.570. The summed E-state index contributed by atoms with van der Waals surface area (Å²) in [5.41, 5.74) is 5.57. The molecule has 0 bridgehead atoms. The largest absolute Gasteiger partial charge is 0.385 e. The highest BCUT2D eigenvalue weighted by Gasteiger charge is 2.07. The summed E-state index contributed by atoms with van der Waals surface area (Å²) >= 11 is 0. The minimum absolute atomic E-state index is 0.0000463. The fourth-order valence-electron chi connectivity index (χ4n) is 0.781. The van der Waals surface area contributed by atoms with Crippen LogP contribution >= 0.6 is 0 Å². The second-order valence-electron chi connectivity index (χ2n) is 2.03. The number of nitrogens with zero attached hydrogens (tertiary/aromatic N) is 1. The van der Waals surface area contributed by atoms with E-state index in [-0.39, 0.29) is 6.10 Å². The lowest BCUT2D eigenvalue weighted by molar-refractivity contribution is 0.151. The van der Waals surface area contributed by atoms with E-state index < -0.39 is 0 Å². The lowest BCUT2D eigenvalue weighted by Gasteiger charge is -2.11. The summed E-state index contributed by atoms with van der Waals surface area (Å²) in [5.74, 6) is 0.604. The molecule has 0 aliphatic heterocycles. The molecule has 0 radical (unpaired) electrons. The predicted molar refractivity (Wildman–Crippen MR) is 43.3 cm³/mol. The topological polar surface area (TPSA) is 47.6 Å². The molecule has 60 valence electrons. The van der Waals surface area contributed by atoms with E-state index in [0.29, 0.717) is 5.84 Å². The standard InChI is InChI=1S/C7H16N2O/c1-4-6(10-3)7(8)9-5-2/h6H,4-5H2,1-3H3,(H2,8,9). The molecule has 0 aromatic carbocycles. The maximum atomic E-state index is 5.57. The number of ether oxygens (including phenoxy) is 1. The number of aliphatic imine (C=N–C) groups is 1. The van der Waals surface area contributed by atoms with Crippen molar-refractivity contribution in [1.29, 1.82) is 0 Å². The van der Waals surface area contributed by atoms with Crippen LogP contribution in [0.5, 0.6) is 0 Å². The molecule has 0 amide bonds. The van der Waals surface area contributed by atoms with Crippen LogP contribution < -0.4 is 5.73 Å². The molecule has 3 nitrogen and oxygen atoms in total. The molecule has 0 spiro atoms. The Kier molecular flexibility index (Phi) is 4.94. The maximum Gasteiger partial charge on any atom is 0.123 e. The minimum Gasteiger partial charge on any atom is -0.385 e. The Balaban J connectivity index is 3.87. The average molecular weight is 144 g/mol. The van der Waals surface area contributed by atoms with Crippen LogP contribution in [0.4, 0.5) is 0 Å². The van der Waals surface area contributed by atoms with E-state index in [1.165, 1.54) is 0 Å². The van der Waals surface area contributed by atoms with E-state index in [0.717, 1.165) is 13.0 Å². The molecule has 1 unspecified atom stereocenters. The molecule has 0 aromatic heterocycles. The Morgan fingerprint density at radius 2 is 2.20 bits per heavy atom. The molecule has 0 aliphatic rings.